The van der Waals surface area contributed by atoms with Gasteiger partial charge in [0.05, 0.1) is 10.6 Å². The van der Waals surface area contributed by atoms with Crippen LogP contribution in [0.25, 0.3) is 0 Å². The molecule has 1 amide bonds. The number of thiophene rings is 1. The normalized spacial score (nSPS) is 11.9. The summed E-state index contributed by atoms with van der Waals surface area (Å²) in [5.41, 5.74) is 6.20. The van der Waals surface area contributed by atoms with E-state index in [2.05, 4.69) is 5.32 Å². The summed E-state index contributed by atoms with van der Waals surface area (Å²) in [6.45, 7) is 0. The highest BCUT2D eigenvalue weighted by atomic mass is 35.5. The molecule has 0 fully saturated rings. The van der Waals surface area contributed by atoms with Gasteiger partial charge in [-0.15, -0.1) is 11.3 Å². The monoisotopic (exact) mass is 310 g/mol. The third-order valence-electron chi connectivity index (χ3n) is 2.60. The largest absolute Gasteiger partial charge is 0.478 e. The molecule has 0 aliphatic rings. The van der Waals surface area contributed by atoms with Gasteiger partial charge in [0, 0.05) is 10.6 Å². The van der Waals surface area contributed by atoms with Crippen LogP contribution < -0.4 is 11.1 Å². The predicted molar refractivity (Wildman–Crippen MR) is 78.3 cm³/mol. The van der Waals surface area contributed by atoms with Crippen molar-refractivity contribution >= 4 is 40.5 Å². The van der Waals surface area contributed by atoms with E-state index in [1.807, 2.05) is 11.4 Å². The lowest BCUT2D eigenvalue weighted by atomic mass is 10.2. The number of carboxylic acid groups (broad SMARTS) is 1. The molecular formula is C13H11ClN2O3S. The van der Waals surface area contributed by atoms with Crippen LogP contribution in [0.15, 0.2) is 35.7 Å². The minimum absolute atomic E-state index is 0.0211. The van der Waals surface area contributed by atoms with E-state index in [0.717, 1.165) is 4.88 Å². The Bertz CT molecular complexity index is 643. The van der Waals surface area contributed by atoms with Crippen LogP contribution >= 0.6 is 22.9 Å². The van der Waals surface area contributed by atoms with Crippen molar-refractivity contribution in [2.24, 2.45) is 5.73 Å². The van der Waals surface area contributed by atoms with E-state index in [9.17, 15) is 9.59 Å². The van der Waals surface area contributed by atoms with E-state index in [1.165, 1.54) is 29.5 Å². The molecule has 0 radical (unpaired) electrons. The van der Waals surface area contributed by atoms with E-state index in [-0.39, 0.29) is 16.5 Å². The van der Waals surface area contributed by atoms with Gasteiger partial charge in [-0.25, -0.2) is 4.79 Å². The molecule has 0 saturated carbocycles. The number of hydrogen-bond donors (Lipinski definition) is 3. The zero-order chi connectivity index (χ0) is 14.7. The molecule has 0 aliphatic heterocycles. The quantitative estimate of drug-likeness (QED) is 0.809. The first-order valence-electron chi connectivity index (χ1n) is 5.61. The van der Waals surface area contributed by atoms with Gasteiger partial charge in [0.15, 0.2) is 0 Å². The second-order valence-electron chi connectivity index (χ2n) is 3.98. The summed E-state index contributed by atoms with van der Waals surface area (Å²) in [5.74, 6) is -1.50. The van der Waals surface area contributed by atoms with Crippen LogP contribution in [0.4, 0.5) is 5.69 Å². The van der Waals surface area contributed by atoms with Crippen molar-refractivity contribution in [1.82, 2.24) is 0 Å². The van der Waals surface area contributed by atoms with Crippen molar-refractivity contribution in [3.8, 4) is 0 Å². The molecule has 1 atom stereocenters. The van der Waals surface area contributed by atoms with Crippen molar-refractivity contribution in [3.63, 3.8) is 0 Å². The minimum atomic E-state index is -1.12. The number of benzene rings is 1. The van der Waals surface area contributed by atoms with Crippen molar-refractivity contribution in [3.05, 3.63) is 51.2 Å². The van der Waals surface area contributed by atoms with Crippen molar-refractivity contribution < 1.29 is 14.7 Å². The number of halogens is 1. The third kappa shape index (κ3) is 3.16. The molecule has 0 spiro atoms. The van der Waals surface area contributed by atoms with E-state index in [0.29, 0.717) is 5.69 Å². The fourth-order valence-electron chi connectivity index (χ4n) is 1.58. The molecule has 4 N–H and O–H groups in total. The number of rotatable bonds is 4. The summed E-state index contributed by atoms with van der Waals surface area (Å²) in [6.07, 6.45) is 0. The van der Waals surface area contributed by atoms with Crippen molar-refractivity contribution in [2.75, 3.05) is 5.32 Å². The number of nitrogens with one attached hydrogen (secondary N) is 1. The first-order chi connectivity index (χ1) is 9.49. The average molecular weight is 311 g/mol. The van der Waals surface area contributed by atoms with Crippen LogP contribution in [0, 0.1) is 0 Å². The minimum Gasteiger partial charge on any atom is -0.478 e. The first-order valence-corrected chi connectivity index (χ1v) is 6.87. The second kappa shape index (κ2) is 6.04. The molecule has 0 saturated heterocycles. The van der Waals surface area contributed by atoms with Gasteiger partial charge in [0.1, 0.15) is 6.04 Å². The maximum atomic E-state index is 12.0. The van der Waals surface area contributed by atoms with Crippen LogP contribution in [0.3, 0.4) is 0 Å². The SMILES string of the molecule is NC(C(=O)Nc1ccc(C(=O)O)c(Cl)c1)c1cccs1. The van der Waals surface area contributed by atoms with E-state index in [4.69, 9.17) is 22.4 Å². The third-order valence-corrected chi connectivity index (χ3v) is 3.87. The van der Waals surface area contributed by atoms with E-state index >= 15 is 0 Å². The van der Waals surface area contributed by atoms with Crippen LogP contribution in [-0.2, 0) is 4.79 Å². The van der Waals surface area contributed by atoms with Gasteiger partial charge >= 0.3 is 5.97 Å². The number of hydrogen-bond acceptors (Lipinski definition) is 4. The van der Waals surface area contributed by atoms with Crippen LogP contribution in [0.2, 0.25) is 5.02 Å². The summed E-state index contributed by atoms with van der Waals surface area (Å²) in [4.78, 5) is 23.5. The van der Waals surface area contributed by atoms with Gasteiger partial charge < -0.3 is 16.2 Å². The molecular weight excluding hydrogens is 300 g/mol. The maximum Gasteiger partial charge on any atom is 0.337 e. The van der Waals surface area contributed by atoms with Crippen molar-refractivity contribution in [2.45, 2.75) is 6.04 Å². The zero-order valence-electron chi connectivity index (χ0n) is 10.2. The Kier molecular flexibility index (Phi) is 4.39. The number of nitrogens with two attached hydrogens (primary N) is 1. The summed E-state index contributed by atoms with van der Waals surface area (Å²) in [7, 11) is 0. The van der Waals surface area contributed by atoms with Crippen LogP contribution in [0.1, 0.15) is 21.3 Å². The topological polar surface area (TPSA) is 92.4 Å². The number of carbonyl (C=O) groups is 2. The lowest BCUT2D eigenvalue weighted by Crippen LogP contribution is -2.27. The molecule has 20 heavy (non-hydrogen) atoms. The lowest BCUT2D eigenvalue weighted by molar-refractivity contribution is -0.117. The molecule has 0 bridgehead atoms. The Morgan fingerprint density at radius 2 is 2.10 bits per heavy atom. The van der Waals surface area contributed by atoms with Crippen LogP contribution in [0.5, 0.6) is 0 Å². The molecule has 2 aromatic rings. The maximum absolute atomic E-state index is 12.0. The molecule has 7 heteroatoms. The number of carbonyl (C=O) groups excluding carboxylic acids is 1. The summed E-state index contributed by atoms with van der Waals surface area (Å²) < 4.78 is 0. The number of anilines is 1. The van der Waals surface area contributed by atoms with Crippen LogP contribution in [-0.4, -0.2) is 17.0 Å². The first kappa shape index (κ1) is 14.5. The molecule has 1 aromatic carbocycles. The van der Waals surface area contributed by atoms with E-state index in [1.54, 1.807) is 6.07 Å². The van der Waals surface area contributed by atoms with Gasteiger partial charge in [0.25, 0.3) is 0 Å². The zero-order valence-corrected chi connectivity index (χ0v) is 11.7. The number of carboxylic acids is 1. The Morgan fingerprint density at radius 1 is 1.35 bits per heavy atom. The Labute approximate surface area is 124 Å². The Morgan fingerprint density at radius 3 is 2.65 bits per heavy atom. The van der Waals surface area contributed by atoms with Crippen molar-refractivity contribution in [1.29, 1.82) is 0 Å². The Hall–Kier alpha value is -1.89. The molecule has 0 aliphatic carbocycles. The average Bonchev–Trinajstić information content (AvgIpc) is 2.91. The summed E-state index contributed by atoms with van der Waals surface area (Å²) >= 11 is 7.22. The fraction of sp³-hybridized carbons (Fsp3) is 0.0769. The highest BCUT2D eigenvalue weighted by molar-refractivity contribution is 7.10. The molecule has 5 nitrogen and oxygen atoms in total. The highest BCUT2D eigenvalue weighted by Crippen LogP contribution is 2.23. The summed E-state index contributed by atoms with van der Waals surface area (Å²) in [6, 6.07) is 6.99. The lowest BCUT2D eigenvalue weighted by Gasteiger charge is -2.11. The summed E-state index contributed by atoms with van der Waals surface area (Å²) in [5, 5.41) is 13.4. The van der Waals surface area contributed by atoms with Gasteiger partial charge in [0.2, 0.25) is 5.91 Å². The number of aromatic carboxylic acids is 1. The van der Waals surface area contributed by atoms with Gasteiger partial charge in [-0.3, -0.25) is 4.79 Å². The predicted octanol–water partition coefficient (Wildman–Crippen LogP) is 2.74. The highest BCUT2D eigenvalue weighted by Gasteiger charge is 2.17. The Balaban J connectivity index is 2.12. The number of amides is 1. The van der Waals surface area contributed by atoms with Gasteiger partial charge in [-0.1, -0.05) is 17.7 Å². The molecule has 1 aromatic heterocycles. The molecule has 104 valence electrons. The smallest absolute Gasteiger partial charge is 0.337 e. The van der Waals surface area contributed by atoms with Gasteiger partial charge in [-0.2, -0.15) is 0 Å². The second-order valence-corrected chi connectivity index (χ2v) is 5.37. The molecule has 2 rings (SSSR count). The van der Waals surface area contributed by atoms with Gasteiger partial charge in [-0.05, 0) is 29.6 Å². The standard InChI is InChI=1S/C13H11ClN2O3S/c14-9-6-7(3-4-8(9)13(18)19)16-12(17)11(15)10-2-1-5-20-10/h1-6,11H,15H2,(H,16,17)(H,18,19). The molecule has 1 unspecified atom stereocenters. The molecule has 1 heterocycles. The fourth-order valence-corrected chi connectivity index (χ4v) is 2.57. The van der Waals surface area contributed by atoms with E-state index < -0.39 is 12.0 Å².